The monoisotopic (exact) mass is 429 g/mol. The van der Waals surface area contributed by atoms with Gasteiger partial charge in [0.2, 0.25) is 0 Å². The van der Waals surface area contributed by atoms with Gasteiger partial charge < -0.3 is 29.3 Å². The first-order valence-corrected chi connectivity index (χ1v) is 10.8. The summed E-state index contributed by atoms with van der Waals surface area (Å²) in [4.78, 5) is 15.5. The van der Waals surface area contributed by atoms with E-state index in [1.54, 1.807) is 32.3 Å². The van der Waals surface area contributed by atoms with Gasteiger partial charge in [-0.15, -0.1) is 0 Å². The molecule has 7 nitrogen and oxygen atoms in total. The van der Waals surface area contributed by atoms with Gasteiger partial charge >= 0.3 is 0 Å². The van der Waals surface area contributed by atoms with Crippen molar-refractivity contribution >= 4 is 5.91 Å². The van der Waals surface area contributed by atoms with E-state index < -0.39 is 0 Å². The van der Waals surface area contributed by atoms with Crippen molar-refractivity contribution in [3.05, 3.63) is 53.1 Å². The number of amides is 1. The molecule has 0 atom stereocenters. The molecule has 1 heterocycles. The number of hydrogen-bond acceptors (Lipinski definition) is 4. The summed E-state index contributed by atoms with van der Waals surface area (Å²) in [5.41, 5.74) is 3.56. The highest BCUT2D eigenvalue weighted by Crippen LogP contribution is 2.34. The first kappa shape index (κ1) is 22.9. The molecule has 0 aromatic heterocycles. The average molecular weight is 430 g/mol. The Bertz CT molecular complexity index is 879. The van der Waals surface area contributed by atoms with E-state index in [1.807, 2.05) is 6.07 Å². The molecule has 2 aromatic carbocycles. The number of hydrogen-bond donors (Lipinski definition) is 3. The zero-order valence-electron chi connectivity index (χ0n) is 19.0. The molecule has 1 amide bonds. The highest BCUT2D eigenvalue weighted by Gasteiger charge is 2.25. The predicted octanol–water partition coefficient (Wildman–Crippen LogP) is -0.379. The number of ether oxygens (including phenoxy) is 3. The summed E-state index contributed by atoms with van der Waals surface area (Å²) in [5, 5.41) is 3.02. The minimum Gasteiger partial charge on any atom is -0.496 e. The molecule has 3 N–H and O–H groups in total. The van der Waals surface area contributed by atoms with Crippen molar-refractivity contribution in [2.75, 3.05) is 54.1 Å². The van der Waals surface area contributed by atoms with Crippen molar-refractivity contribution in [2.45, 2.75) is 20.0 Å². The molecule has 1 fully saturated rings. The fraction of sp³-hybridized carbons (Fsp3) is 0.458. The van der Waals surface area contributed by atoms with Crippen LogP contribution in [0.5, 0.6) is 17.2 Å². The maximum absolute atomic E-state index is 12.5. The number of nitrogens with one attached hydrogen (secondary N) is 3. The van der Waals surface area contributed by atoms with Crippen LogP contribution < -0.4 is 29.3 Å². The Morgan fingerprint density at radius 1 is 0.903 bits per heavy atom. The van der Waals surface area contributed by atoms with Crippen LogP contribution in [0.4, 0.5) is 0 Å². The maximum Gasteiger partial charge on any atom is 0.275 e. The molecule has 1 aliphatic rings. The number of benzene rings is 2. The van der Waals surface area contributed by atoms with Crippen LogP contribution in [0, 0.1) is 6.92 Å². The lowest BCUT2D eigenvalue weighted by Gasteiger charge is -2.29. The molecular weight excluding hydrogens is 394 g/mol. The van der Waals surface area contributed by atoms with Crippen molar-refractivity contribution in [1.29, 1.82) is 0 Å². The van der Waals surface area contributed by atoms with E-state index in [0.29, 0.717) is 30.3 Å². The summed E-state index contributed by atoms with van der Waals surface area (Å²) in [6.45, 7) is 8.26. The van der Waals surface area contributed by atoms with E-state index in [-0.39, 0.29) is 5.91 Å². The molecule has 1 saturated heterocycles. The van der Waals surface area contributed by atoms with Gasteiger partial charge in [-0.25, -0.2) is 0 Å². The molecule has 3 rings (SSSR count). The molecule has 0 unspecified atom stereocenters. The van der Waals surface area contributed by atoms with Crippen LogP contribution in [-0.2, 0) is 17.9 Å². The van der Waals surface area contributed by atoms with E-state index in [9.17, 15) is 4.79 Å². The van der Waals surface area contributed by atoms with Crippen LogP contribution >= 0.6 is 0 Å². The quantitative estimate of drug-likeness (QED) is 0.509. The number of carbonyl (C=O) groups is 1. The van der Waals surface area contributed by atoms with E-state index >= 15 is 0 Å². The van der Waals surface area contributed by atoms with Gasteiger partial charge in [0, 0.05) is 23.7 Å². The average Bonchev–Trinajstić information content (AvgIpc) is 2.78. The van der Waals surface area contributed by atoms with Crippen LogP contribution in [0.2, 0.25) is 0 Å². The van der Waals surface area contributed by atoms with Crippen molar-refractivity contribution in [3.63, 3.8) is 0 Å². The Hall–Kier alpha value is -2.77. The number of rotatable bonds is 9. The third kappa shape index (κ3) is 6.35. The zero-order valence-corrected chi connectivity index (χ0v) is 19.0. The van der Waals surface area contributed by atoms with Crippen LogP contribution in [0.25, 0.3) is 0 Å². The lowest BCUT2D eigenvalue weighted by atomic mass is 10.1. The summed E-state index contributed by atoms with van der Waals surface area (Å²) in [7, 11) is 4.79. The molecule has 0 saturated carbocycles. The normalized spacial score (nSPS) is 18.3. The lowest BCUT2D eigenvalue weighted by Crippen LogP contribution is -3.28. The highest BCUT2D eigenvalue weighted by molar-refractivity contribution is 5.77. The Kier molecular flexibility index (Phi) is 8.14. The Balaban J connectivity index is 1.46. The van der Waals surface area contributed by atoms with Gasteiger partial charge in [-0.2, -0.15) is 0 Å². The molecule has 31 heavy (non-hydrogen) atoms. The third-order valence-electron chi connectivity index (χ3n) is 5.87. The summed E-state index contributed by atoms with van der Waals surface area (Å²) in [6.07, 6.45) is 0. The molecule has 0 bridgehead atoms. The summed E-state index contributed by atoms with van der Waals surface area (Å²) in [5.74, 6) is 1.93. The molecule has 0 radical (unpaired) electrons. The second-order valence-electron chi connectivity index (χ2n) is 8.14. The Morgan fingerprint density at radius 2 is 1.55 bits per heavy atom. The summed E-state index contributed by atoms with van der Waals surface area (Å²) < 4.78 is 16.1. The predicted molar refractivity (Wildman–Crippen MR) is 119 cm³/mol. The maximum atomic E-state index is 12.5. The number of quaternary nitrogens is 2. The topological polar surface area (TPSA) is 65.7 Å². The fourth-order valence-electron chi connectivity index (χ4n) is 4.14. The largest absolute Gasteiger partial charge is 0.496 e. The van der Waals surface area contributed by atoms with E-state index in [4.69, 9.17) is 14.2 Å². The van der Waals surface area contributed by atoms with Crippen LogP contribution in [-0.4, -0.2) is 60.0 Å². The van der Waals surface area contributed by atoms with E-state index in [0.717, 1.165) is 38.3 Å². The fourth-order valence-corrected chi connectivity index (χ4v) is 4.14. The van der Waals surface area contributed by atoms with Crippen molar-refractivity contribution in [1.82, 2.24) is 5.32 Å². The van der Waals surface area contributed by atoms with Gasteiger partial charge in [0.1, 0.15) is 38.5 Å². The second-order valence-corrected chi connectivity index (χ2v) is 8.14. The Labute approximate surface area is 184 Å². The number of methoxy groups -OCH3 is 3. The summed E-state index contributed by atoms with van der Waals surface area (Å²) in [6, 6.07) is 12.4. The van der Waals surface area contributed by atoms with Crippen LogP contribution in [0.3, 0.4) is 0 Å². The number of carbonyl (C=O) groups excluding carboxylic acids is 1. The standard InChI is InChI=1S/C24H33N3O4/c1-18-6-5-7-19(12-18)16-26-8-10-27(11-9-26)17-24(28)25-15-20-13-22(30-3)23(31-4)14-21(20)29-2/h5-7,12-14H,8-11,15-17H2,1-4H3,(H,25,28)/p+2. The SMILES string of the molecule is COc1cc(OC)c(OC)cc1CNC(=O)C[NH+]1CC[NH+](Cc2cccc(C)c2)CC1. The minimum atomic E-state index is 0.0500. The van der Waals surface area contributed by atoms with Crippen molar-refractivity contribution in [2.24, 2.45) is 0 Å². The van der Waals surface area contributed by atoms with Gasteiger partial charge in [0.05, 0.1) is 21.3 Å². The zero-order chi connectivity index (χ0) is 22.2. The van der Waals surface area contributed by atoms with E-state index in [2.05, 4.69) is 36.5 Å². The highest BCUT2D eigenvalue weighted by atomic mass is 16.5. The first-order valence-electron chi connectivity index (χ1n) is 10.8. The van der Waals surface area contributed by atoms with Crippen LogP contribution in [0.15, 0.2) is 36.4 Å². The number of piperazine rings is 1. The molecule has 0 aliphatic carbocycles. The lowest BCUT2D eigenvalue weighted by molar-refractivity contribution is -1.02. The third-order valence-corrected chi connectivity index (χ3v) is 5.87. The minimum absolute atomic E-state index is 0.0500. The first-order chi connectivity index (χ1) is 15.0. The summed E-state index contributed by atoms with van der Waals surface area (Å²) >= 11 is 0. The molecule has 2 aromatic rings. The van der Waals surface area contributed by atoms with Gasteiger partial charge in [-0.3, -0.25) is 4.79 Å². The Morgan fingerprint density at radius 3 is 2.19 bits per heavy atom. The molecule has 1 aliphatic heterocycles. The van der Waals surface area contributed by atoms with Crippen molar-refractivity contribution < 1.29 is 28.8 Å². The van der Waals surface area contributed by atoms with Crippen LogP contribution in [0.1, 0.15) is 16.7 Å². The van der Waals surface area contributed by atoms with Gasteiger partial charge in [0.15, 0.2) is 18.0 Å². The number of aryl methyl sites for hydroxylation is 1. The molecule has 0 spiro atoms. The smallest absolute Gasteiger partial charge is 0.275 e. The molecule has 168 valence electrons. The van der Waals surface area contributed by atoms with Crippen molar-refractivity contribution in [3.8, 4) is 17.2 Å². The second kappa shape index (κ2) is 11.0. The van der Waals surface area contributed by atoms with Gasteiger partial charge in [0.25, 0.3) is 5.91 Å². The molecule has 7 heteroatoms. The van der Waals surface area contributed by atoms with Gasteiger partial charge in [-0.05, 0) is 13.0 Å². The van der Waals surface area contributed by atoms with E-state index in [1.165, 1.54) is 16.0 Å². The van der Waals surface area contributed by atoms with Gasteiger partial charge in [-0.1, -0.05) is 29.8 Å². The molecular formula is C24H35N3O4+2.